The molecule has 1 saturated heterocycles. The number of thioether (sulfide) groups is 1. The van der Waals surface area contributed by atoms with Crippen molar-refractivity contribution in [3.8, 4) is 0 Å². The minimum Gasteiger partial charge on any atom is -0.465 e. The molecule has 1 atom stereocenters. The molecule has 0 aromatic heterocycles. The Morgan fingerprint density at radius 1 is 1.03 bits per heavy atom. The van der Waals surface area contributed by atoms with Crippen molar-refractivity contribution >= 4 is 35.3 Å². The van der Waals surface area contributed by atoms with Gasteiger partial charge < -0.3 is 9.47 Å². The molecule has 3 rings (SSSR count). The third-order valence-electron chi connectivity index (χ3n) is 4.44. The van der Waals surface area contributed by atoms with Gasteiger partial charge in [0.25, 0.3) is 0 Å². The largest absolute Gasteiger partial charge is 0.465 e. The summed E-state index contributed by atoms with van der Waals surface area (Å²) in [7, 11) is 2.29. The number of benzene rings is 2. The second-order valence-corrected chi connectivity index (χ2v) is 7.33. The van der Waals surface area contributed by atoms with E-state index in [2.05, 4.69) is 9.47 Å². The quantitative estimate of drug-likeness (QED) is 0.669. The molecule has 1 fully saturated rings. The molecule has 1 amide bonds. The van der Waals surface area contributed by atoms with Gasteiger partial charge >= 0.3 is 18.1 Å². The molecule has 2 aromatic rings. The first-order chi connectivity index (χ1) is 14.2. The van der Waals surface area contributed by atoms with E-state index < -0.39 is 35.0 Å². The van der Waals surface area contributed by atoms with Crippen LogP contribution in [-0.2, 0) is 20.4 Å². The van der Waals surface area contributed by atoms with E-state index in [0.29, 0.717) is 0 Å². The Labute approximate surface area is 173 Å². The third-order valence-corrected chi connectivity index (χ3v) is 5.63. The number of methoxy groups -OCH3 is 2. The summed E-state index contributed by atoms with van der Waals surface area (Å²) in [4.78, 5) is 37.8. The zero-order chi connectivity index (χ0) is 22.1. The monoisotopic (exact) mass is 439 g/mol. The number of amides is 1. The van der Waals surface area contributed by atoms with Crippen molar-refractivity contribution in [2.24, 2.45) is 0 Å². The number of carbonyl (C=O) groups is 3. The standard InChI is InChI=1S/C20H16F3NO5S/c1-28-18(26)11-7-12(19(27)29-2)9-13(8-11)24-16(25)10-30-17(24)14-5-3-4-6-15(14)20(21,22)23/h3-9,17H,10H2,1-2H3/t17-/m0/s1. The van der Waals surface area contributed by atoms with Gasteiger partial charge in [0.1, 0.15) is 5.37 Å². The van der Waals surface area contributed by atoms with Crippen LogP contribution >= 0.6 is 11.8 Å². The van der Waals surface area contributed by atoms with Crippen LogP contribution < -0.4 is 4.90 Å². The van der Waals surface area contributed by atoms with Crippen molar-refractivity contribution in [2.75, 3.05) is 24.9 Å². The van der Waals surface area contributed by atoms with Gasteiger partial charge in [-0.15, -0.1) is 11.8 Å². The van der Waals surface area contributed by atoms with E-state index in [0.717, 1.165) is 36.9 Å². The predicted octanol–water partition coefficient (Wildman–Crippen LogP) is 4.06. The molecule has 158 valence electrons. The fraction of sp³-hybridized carbons (Fsp3) is 0.250. The Hall–Kier alpha value is -3.01. The lowest BCUT2D eigenvalue weighted by Gasteiger charge is -2.27. The molecule has 1 aliphatic heterocycles. The molecule has 2 aromatic carbocycles. The summed E-state index contributed by atoms with van der Waals surface area (Å²) in [6, 6.07) is 8.80. The summed E-state index contributed by atoms with van der Waals surface area (Å²) in [5.74, 6) is -2.06. The molecular formula is C20H16F3NO5S. The van der Waals surface area contributed by atoms with Gasteiger partial charge in [0.05, 0.1) is 36.7 Å². The van der Waals surface area contributed by atoms with E-state index in [1.165, 1.54) is 36.4 Å². The summed E-state index contributed by atoms with van der Waals surface area (Å²) in [5.41, 5.74) is -0.940. The van der Waals surface area contributed by atoms with E-state index in [4.69, 9.17) is 0 Å². The molecule has 0 unspecified atom stereocenters. The van der Waals surface area contributed by atoms with Gasteiger partial charge in [-0.25, -0.2) is 9.59 Å². The number of hydrogen-bond donors (Lipinski definition) is 0. The highest BCUT2D eigenvalue weighted by Gasteiger charge is 2.41. The highest BCUT2D eigenvalue weighted by Crippen LogP contribution is 2.46. The molecule has 10 heteroatoms. The molecule has 30 heavy (non-hydrogen) atoms. The fourth-order valence-corrected chi connectivity index (χ4v) is 4.34. The summed E-state index contributed by atoms with van der Waals surface area (Å²) in [6.07, 6.45) is -4.61. The number of alkyl halides is 3. The van der Waals surface area contributed by atoms with Gasteiger partial charge in [0.15, 0.2) is 0 Å². The van der Waals surface area contributed by atoms with Gasteiger partial charge in [0, 0.05) is 5.69 Å². The summed E-state index contributed by atoms with van der Waals surface area (Å²) in [6.45, 7) is 0. The minimum atomic E-state index is -4.61. The first-order valence-corrected chi connectivity index (χ1v) is 9.63. The predicted molar refractivity (Wildman–Crippen MR) is 103 cm³/mol. The maximum atomic E-state index is 13.5. The summed E-state index contributed by atoms with van der Waals surface area (Å²) >= 11 is 1.02. The maximum absolute atomic E-state index is 13.5. The smallest absolute Gasteiger partial charge is 0.416 e. The van der Waals surface area contributed by atoms with Crippen molar-refractivity contribution in [1.29, 1.82) is 0 Å². The third kappa shape index (κ3) is 4.13. The Morgan fingerprint density at radius 2 is 1.60 bits per heavy atom. The molecule has 0 radical (unpaired) electrons. The van der Waals surface area contributed by atoms with Crippen LogP contribution in [0, 0.1) is 0 Å². The number of hydrogen-bond acceptors (Lipinski definition) is 6. The second-order valence-electron chi connectivity index (χ2n) is 6.26. The van der Waals surface area contributed by atoms with Gasteiger partial charge in [-0.05, 0) is 29.8 Å². The number of halogens is 3. The van der Waals surface area contributed by atoms with Crippen LogP contribution in [-0.4, -0.2) is 37.8 Å². The van der Waals surface area contributed by atoms with Crippen LogP contribution in [0.4, 0.5) is 18.9 Å². The Bertz CT molecular complexity index is 974. The highest BCUT2D eigenvalue weighted by molar-refractivity contribution is 8.00. The molecule has 0 aliphatic carbocycles. The number of ether oxygens (including phenoxy) is 2. The van der Waals surface area contributed by atoms with E-state index >= 15 is 0 Å². The van der Waals surface area contributed by atoms with Crippen LogP contribution in [0.2, 0.25) is 0 Å². The van der Waals surface area contributed by atoms with Crippen molar-refractivity contribution < 1.29 is 37.0 Å². The number of rotatable bonds is 4. The minimum absolute atomic E-state index is 0.0389. The zero-order valence-electron chi connectivity index (χ0n) is 15.9. The molecular weight excluding hydrogens is 423 g/mol. The average Bonchev–Trinajstić information content (AvgIpc) is 3.12. The molecule has 1 aliphatic rings. The van der Waals surface area contributed by atoms with Gasteiger partial charge in [-0.2, -0.15) is 13.2 Å². The molecule has 6 nitrogen and oxygen atoms in total. The number of carbonyl (C=O) groups excluding carboxylic acids is 3. The van der Waals surface area contributed by atoms with E-state index in [9.17, 15) is 27.6 Å². The van der Waals surface area contributed by atoms with Crippen LogP contribution in [0.15, 0.2) is 42.5 Å². The van der Waals surface area contributed by atoms with E-state index in [-0.39, 0.29) is 28.1 Å². The van der Waals surface area contributed by atoms with Gasteiger partial charge in [-0.1, -0.05) is 18.2 Å². The average molecular weight is 439 g/mol. The molecule has 0 bridgehead atoms. The van der Waals surface area contributed by atoms with Crippen molar-refractivity contribution in [3.63, 3.8) is 0 Å². The molecule has 0 N–H and O–H groups in total. The normalized spacial score (nSPS) is 16.5. The van der Waals surface area contributed by atoms with Crippen molar-refractivity contribution in [1.82, 2.24) is 0 Å². The first-order valence-electron chi connectivity index (χ1n) is 8.59. The molecule has 0 saturated carbocycles. The Kier molecular flexibility index (Phi) is 6.06. The molecule has 0 spiro atoms. The number of esters is 2. The van der Waals surface area contributed by atoms with E-state index in [1.54, 1.807) is 0 Å². The number of nitrogens with zero attached hydrogens (tertiary/aromatic N) is 1. The van der Waals surface area contributed by atoms with Gasteiger partial charge in [0.2, 0.25) is 5.91 Å². The first kappa shape index (κ1) is 21.7. The zero-order valence-corrected chi connectivity index (χ0v) is 16.7. The number of anilines is 1. The Morgan fingerprint density at radius 3 is 2.13 bits per heavy atom. The molecule has 1 heterocycles. The van der Waals surface area contributed by atoms with Gasteiger partial charge in [-0.3, -0.25) is 9.69 Å². The van der Waals surface area contributed by atoms with E-state index in [1.807, 2.05) is 0 Å². The summed E-state index contributed by atoms with van der Waals surface area (Å²) < 4.78 is 49.9. The lowest BCUT2D eigenvalue weighted by molar-refractivity contribution is -0.138. The lowest BCUT2D eigenvalue weighted by atomic mass is 10.0. The highest BCUT2D eigenvalue weighted by atomic mass is 32.2. The maximum Gasteiger partial charge on any atom is 0.416 e. The fourth-order valence-electron chi connectivity index (χ4n) is 3.13. The van der Waals surface area contributed by atoms with Crippen LogP contribution in [0.1, 0.15) is 37.2 Å². The van der Waals surface area contributed by atoms with Crippen LogP contribution in [0.5, 0.6) is 0 Å². The SMILES string of the molecule is COC(=O)c1cc(C(=O)OC)cc(N2C(=O)CS[C@H]2c2ccccc2C(F)(F)F)c1. The van der Waals surface area contributed by atoms with Crippen LogP contribution in [0.25, 0.3) is 0 Å². The summed E-state index contributed by atoms with van der Waals surface area (Å²) in [5, 5.41) is -0.992. The topological polar surface area (TPSA) is 72.9 Å². The van der Waals surface area contributed by atoms with Crippen LogP contribution in [0.3, 0.4) is 0 Å². The van der Waals surface area contributed by atoms with Crippen molar-refractivity contribution in [2.45, 2.75) is 11.6 Å². The lowest BCUT2D eigenvalue weighted by Crippen LogP contribution is -2.29. The van der Waals surface area contributed by atoms with Crippen molar-refractivity contribution in [3.05, 3.63) is 64.7 Å². The second kappa shape index (κ2) is 8.39. The Balaban J connectivity index is 2.15.